The molecule has 3 heterocycles. The van der Waals surface area contributed by atoms with Gasteiger partial charge < -0.3 is 20.4 Å². The summed E-state index contributed by atoms with van der Waals surface area (Å²) in [6.45, 7) is 10.1. The first-order valence-electron chi connectivity index (χ1n) is 8.79. The molecular weight excluding hydrogens is 336 g/mol. The third-order valence-corrected chi connectivity index (χ3v) is 5.23. The summed E-state index contributed by atoms with van der Waals surface area (Å²) in [6.07, 6.45) is 0. The van der Waals surface area contributed by atoms with Crippen LogP contribution >= 0.6 is 11.6 Å². The number of aryl methyl sites for hydroxylation is 1. The minimum absolute atomic E-state index is 0.701. The average molecular weight is 359 g/mol. The van der Waals surface area contributed by atoms with Crippen molar-refractivity contribution < 1.29 is 0 Å². The summed E-state index contributed by atoms with van der Waals surface area (Å²) in [7, 11) is 0. The number of likely N-dealkylation sites (N-methyl/N-ethyl adjacent to an activating group) is 1. The Morgan fingerprint density at radius 3 is 2.68 bits per heavy atom. The van der Waals surface area contributed by atoms with Crippen LogP contribution in [0, 0.1) is 6.92 Å². The van der Waals surface area contributed by atoms with E-state index in [0.717, 1.165) is 67.1 Å². The summed E-state index contributed by atoms with van der Waals surface area (Å²) in [5.41, 5.74) is 4.09. The van der Waals surface area contributed by atoms with Gasteiger partial charge in [0, 0.05) is 49.0 Å². The number of hydrogen-bond donors (Lipinski definition) is 2. The van der Waals surface area contributed by atoms with Gasteiger partial charge in [0.05, 0.1) is 11.4 Å². The van der Waals surface area contributed by atoms with Gasteiger partial charge in [0.25, 0.3) is 0 Å². The number of benzene rings is 1. The number of nitrogens with zero attached hydrogens (tertiary/aromatic N) is 4. The lowest BCUT2D eigenvalue weighted by molar-refractivity contribution is 0.270. The molecule has 0 atom stereocenters. The molecule has 1 aromatic heterocycles. The molecule has 2 aromatic rings. The highest BCUT2D eigenvalue weighted by molar-refractivity contribution is 6.31. The molecule has 0 aliphatic carbocycles. The van der Waals surface area contributed by atoms with Gasteiger partial charge in [-0.15, -0.1) is 0 Å². The van der Waals surface area contributed by atoms with Gasteiger partial charge in [-0.2, -0.15) is 4.98 Å². The van der Waals surface area contributed by atoms with Crippen LogP contribution in [0.1, 0.15) is 18.2 Å². The lowest BCUT2D eigenvalue weighted by Crippen LogP contribution is -2.46. The first kappa shape index (κ1) is 16.4. The molecule has 2 aliphatic heterocycles. The van der Waals surface area contributed by atoms with E-state index in [1.54, 1.807) is 0 Å². The number of aromatic nitrogens is 2. The van der Waals surface area contributed by atoms with E-state index in [4.69, 9.17) is 21.6 Å². The SMILES string of the molecule is CCN1CCN(c2nc(C)c3c(n2)Nc2cc(Cl)ccc2NC3)CC1. The number of hydrogen-bond acceptors (Lipinski definition) is 6. The van der Waals surface area contributed by atoms with E-state index >= 15 is 0 Å². The van der Waals surface area contributed by atoms with Crippen LogP contribution in [0.2, 0.25) is 5.02 Å². The van der Waals surface area contributed by atoms with Crippen molar-refractivity contribution in [3.8, 4) is 0 Å². The number of rotatable bonds is 2. The Hall–Kier alpha value is -2.05. The van der Waals surface area contributed by atoms with Crippen LogP contribution in [-0.2, 0) is 6.54 Å². The van der Waals surface area contributed by atoms with Gasteiger partial charge >= 0.3 is 0 Å². The Labute approximate surface area is 153 Å². The van der Waals surface area contributed by atoms with Crippen molar-refractivity contribution >= 4 is 34.7 Å². The third-order valence-electron chi connectivity index (χ3n) is 4.99. The zero-order valence-corrected chi connectivity index (χ0v) is 15.4. The number of piperazine rings is 1. The lowest BCUT2D eigenvalue weighted by Gasteiger charge is -2.34. The molecule has 0 spiro atoms. The largest absolute Gasteiger partial charge is 0.379 e. The second-order valence-electron chi connectivity index (χ2n) is 6.53. The summed E-state index contributed by atoms with van der Waals surface area (Å²) >= 11 is 6.16. The quantitative estimate of drug-likeness (QED) is 0.859. The minimum Gasteiger partial charge on any atom is -0.379 e. The van der Waals surface area contributed by atoms with Crippen molar-refractivity contribution in [2.75, 3.05) is 48.3 Å². The molecule has 0 bridgehead atoms. The summed E-state index contributed by atoms with van der Waals surface area (Å²) in [5, 5.41) is 7.60. The van der Waals surface area contributed by atoms with E-state index in [9.17, 15) is 0 Å². The van der Waals surface area contributed by atoms with Gasteiger partial charge in [0.2, 0.25) is 5.95 Å². The Morgan fingerprint density at radius 2 is 1.92 bits per heavy atom. The topological polar surface area (TPSA) is 56.3 Å². The first-order chi connectivity index (χ1) is 12.1. The number of nitrogens with one attached hydrogen (secondary N) is 2. The standard InChI is InChI=1S/C18H23ClN6/c1-3-24-6-8-25(9-7-24)18-21-12(2)14-11-20-15-5-4-13(19)10-16(15)22-17(14)23-18/h4-5,10,20H,3,6-9,11H2,1-2H3,(H,21,22,23). The van der Waals surface area contributed by atoms with Gasteiger partial charge in [0.1, 0.15) is 5.82 Å². The zero-order chi connectivity index (χ0) is 17.4. The van der Waals surface area contributed by atoms with Gasteiger partial charge in [-0.1, -0.05) is 18.5 Å². The maximum absolute atomic E-state index is 6.16. The molecule has 132 valence electrons. The normalized spacial score (nSPS) is 17.2. The van der Waals surface area contributed by atoms with Gasteiger partial charge in [-0.05, 0) is 31.7 Å². The maximum Gasteiger partial charge on any atom is 0.227 e. The van der Waals surface area contributed by atoms with Crippen molar-refractivity contribution in [1.29, 1.82) is 0 Å². The van der Waals surface area contributed by atoms with Gasteiger partial charge in [-0.3, -0.25) is 0 Å². The number of anilines is 4. The van der Waals surface area contributed by atoms with Crippen LogP contribution in [-0.4, -0.2) is 47.6 Å². The highest BCUT2D eigenvalue weighted by Crippen LogP contribution is 2.34. The first-order valence-corrected chi connectivity index (χ1v) is 9.17. The van der Waals surface area contributed by atoms with Gasteiger partial charge in [0.15, 0.2) is 0 Å². The summed E-state index contributed by atoms with van der Waals surface area (Å²) in [6, 6.07) is 5.81. The van der Waals surface area contributed by atoms with Crippen LogP contribution in [0.3, 0.4) is 0 Å². The molecule has 4 rings (SSSR count). The van der Waals surface area contributed by atoms with Crippen molar-refractivity contribution in [1.82, 2.24) is 14.9 Å². The third kappa shape index (κ3) is 3.24. The second-order valence-corrected chi connectivity index (χ2v) is 6.96. The van der Waals surface area contributed by atoms with Crippen LogP contribution in [0.4, 0.5) is 23.1 Å². The molecule has 2 N–H and O–H groups in total. The van der Waals surface area contributed by atoms with Crippen LogP contribution in [0.25, 0.3) is 0 Å². The second kappa shape index (κ2) is 6.69. The molecule has 25 heavy (non-hydrogen) atoms. The fourth-order valence-corrected chi connectivity index (χ4v) is 3.56. The fourth-order valence-electron chi connectivity index (χ4n) is 3.39. The molecule has 7 heteroatoms. The lowest BCUT2D eigenvalue weighted by atomic mass is 10.2. The average Bonchev–Trinajstić information content (AvgIpc) is 2.80. The summed E-state index contributed by atoms with van der Waals surface area (Å²) in [4.78, 5) is 14.3. The maximum atomic E-state index is 6.16. The van der Waals surface area contributed by atoms with Crippen LogP contribution in [0.5, 0.6) is 0 Å². The van der Waals surface area contributed by atoms with Crippen molar-refractivity contribution in [3.05, 3.63) is 34.5 Å². The smallest absolute Gasteiger partial charge is 0.227 e. The summed E-state index contributed by atoms with van der Waals surface area (Å²) < 4.78 is 0. The van der Waals surface area contributed by atoms with Crippen molar-refractivity contribution in [3.63, 3.8) is 0 Å². The van der Waals surface area contributed by atoms with Gasteiger partial charge in [-0.25, -0.2) is 4.98 Å². The van der Waals surface area contributed by atoms with Crippen molar-refractivity contribution in [2.24, 2.45) is 0 Å². The van der Waals surface area contributed by atoms with Crippen molar-refractivity contribution in [2.45, 2.75) is 20.4 Å². The van der Waals surface area contributed by atoms with Crippen LogP contribution < -0.4 is 15.5 Å². The molecule has 1 saturated heterocycles. The highest BCUT2D eigenvalue weighted by atomic mass is 35.5. The predicted molar refractivity (Wildman–Crippen MR) is 103 cm³/mol. The van der Waals surface area contributed by atoms with E-state index in [-0.39, 0.29) is 0 Å². The van der Waals surface area contributed by atoms with E-state index in [0.29, 0.717) is 11.6 Å². The molecule has 0 unspecified atom stereocenters. The molecule has 0 amide bonds. The van der Waals surface area contributed by atoms with Crippen LogP contribution in [0.15, 0.2) is 18.2 Å². The van der Waals surface area contributed by atoms with E-state index in [1.807, 2.05) is 18.2 Å². The number of halogens is 1. The Morgan fingerprint density at radius 1 is 1.12 bits per heavy atom. The fraction of sp³-hybridized carbons (Fsp3) is 0.444. The Kier molecular flexibility index (Phi) is 4.39. The van der Waals surface area contributed by atoms with E-state index in [2.05, 4.69) is 34.3 Å². The molecule has 6 nitrogen and oxygen atoms in total. The summed E-state index contributed by atoms with van der Waals surface area (Å²) in [5.74, 6) is 1.68. The molecule has 1 fully saturated rings. The molecular formula is C18H23ClN6. The minimum atomic E-state index is 0.701. The zero-order valence-electron chi connectivity index (χ0n) is 14.6. The molecule has 0 saturated carbocycles. The molecule has 1 aromatic carbocycles. The molecule has 0 radical (unpaired) electrons. The number of fused-ring (bicyclic) bond motifs is 2. The monoisotopic (exact) mass is 358 g/mol. The predicted octanol–water partition coefficient (Wildman–Crippen LogP) is 3.25. The van der Waals surface area contributed by atoms with E-state index in [1.165, 1.54) is 0 Å². The highest BCUT2D eigenvalue weighted by Gasteiger charge is 2.22. The Balaban J connectivity index is 1.65. The van der Waals surface area contributed by atoms with E-state index < -0.39 is 0 Å². The molecule has 2 aliphatic rings. The Bertz CT molecular complexity index is 785.